The Labute approximate surface area is 108 Å². The zero-order valence-electron chi connectivity index (χ0n) is 10.1. The van der Waals surface area contributed by atoms with Gasteiger partial charge in [0.1, 0.15) is 11.9 Å². The number of hydrogen-bond acceptors (Lipinski definition) is 5. The topological polar surface area (TPSA) is 76.0 Å². The number of carbonyl (C=O) groups excluding carboxylic acids is 1. The highest BCUT2D eigenvalue weighted by Crippen LogP contribution is 2.22. The lowest BCUT2D eigenvalue weighted by Gasteiger charge is -2.17. The van der Waals surface area contributed by atoms with Gasteiger partial charge in [-0.05, 0) is 24.6 Å². The van der Waals surface area contributed by atoms with Gasteiger partial charge in [-0.2, -0.15) is 8.78 Å². The van der Waals surface area contributed by atoms with Gasteiger partial charge >= 0.3 is 12.6 Å². The van der Waals surface area contributed by atoms with Crippen LogP contribution in [0.1, 0.15) is 18.6 Å². The summed E-state index contributed by atoms with van der Waals surface area (Å²) < 4.78 is 32.5. The van der Waals surface area contributed by atoms with Crippen LogP contribution in [0.2, 0.25) is 0 Å². The Morgan fingerprint density at radius 1 is 1.26 bits per heavy atom. The number of benzene rings is 1. The van der Waals surface area contributed by atoms with Crippen LogP contribution >= 0.6 is 0 Å². The van der Waals surface area contributed by atoms with Crippen LogP contribution in [0.4, 0.5) is 8.78 Å². The first-order valence-corrected chi connectivity index (χ1v) is 5.53. The first-order valence-electron chi connectivity index (χ1n) is 5.53. The molecule has 0 aromatic heterocycles. The minimum atomic E-state index is -2.94. The molecule has 1 aromatic carbocycles. The summed E-state index contributed by atoms with van der Waals surface area (Å²) in [6.07, 6.45) is -3.23. The van der Waals surface area contributed by atoms with E-state index in [0.717, 1.165) is 0 Å². The summed E-state index contributed by atoms with van der Waals surface area (Å²) in [6, 6.07) is 4.93. The molecule has 0 spiro atoms. The lowest BCUT2D eigenvalue weighted by molar-refractivity contribution is -0.159. The van der Waals surface area contributed by atoms with Crippen molar-refractivity contribution >= 4 is 5.97 Å². The van der Waals surface area contributed by atoms with E-state index in [2.05, 4.69) is 9.47 Å². The monoisotopic (exact) mass is 276 g/mol. The van der Waals surface area contributed by atoms with Crippen molar-refractivity contribution in [1.29, 1.82) is 0 Å². The van der Waals surface area contributed by atoms with Crippen LogP contribution in [-0.4, -0.2) is 35.5 Å². The van der Waals surface area contributed by atoms with E-state index in [1.54, 1.807) is 6.92 Å². The molecule has 2 unspecified atom stereocenters. The minimum Gasteiger partial charge on any atom is -0.464 e. The number of aliphatic hydroxyl groups excluding tert-OH is 2. The van der Waals surface area contributed by atoms with Gasteiger partial charge in [-0.1, -0.05) is 12.1 Å². The summed E-state index contributed by atoms with van der Waals surface area (Å²) in [5.41, 5.74) is 0.183. The van der Waals surface area contributed by atoms with Crippen molar-refractivity contribution in [3.63, 3.8) is 0 Å². The quantitative estimate of drug-likeness (QED) is 0.765. The fourth-order valence-electron chi connectivity index (χ4n) is 1.39. The first kappa shape index (κ1) is 15.3. The predicted molar refractivity (Wildman–Crippen MR) is 60.7 cm³/mol. The van der Waals surface area contributed by atoms with E-state index in [0.29, 0.717) is 0 Å². The van der Waals surface area contributed by atoms with Gasteiger partial charge in [0, 0.05) is 0 Å². The molecule has 0 fully saturated rings. The van der Waals surface area contributed by atoms with Gasteiger partial charge < -0.3 is 19.7 Å². The third-order valence-corrected chi connectivity index (χ3v) is 2.27. The average molecular weight is 276 g/mol. The van der Waals surface area contributed by atoms with Crippen molar-refractivity contribution in [3.05, 3.63) is 29.8 Å². The molecule has 1 rings (SSSR count). The Morgan fingerprint density at radius 3 is 2.32 bits per heavy atom. The van der Waals surface area contributed by atoms with E-state index in [-0.39, 0.29) is 17.9 Å². The fraction of sp³-hybridized carbons (Fsp3) is 0.417. The number of carbonyl (C=O) groups is 1. The maximum atomic E-state index is 11.9. The second kappa shape index (κ2) is 7.01. The molecule has 19 heavy (non-hydrogen) atoms. The molecule has 0 aliphatic heterocycles. The summed E-state index contributed by atoms with van der Waals surface area (Å²) in [7, 11) is 0. The summed E-state index contributed by atoms with van der Waals surface area (Å²) >= 11 is 0. The molecule has 0 saturated heterocycles. The summed E-state index contributed by atoms with van der Waals surface area (Å²) in [4.78, 5) is 11.2. The number of rotatable bonds is 6. The van der Waals surface area contributed by atoms with E-state index in [1.807, 2.05) is 0 Å². The molecule has 7 heteroatoms. The van der Waals surface area contributed by atoms with Crippen molar-refractivity contribution in [1.82, 2.24) is 0 Å². The molecule has 1 aromatic rings. The lowest BCUT2D eigenvalue weighted by Crippen LogP contribution is -2.29. The Balaban J connectivity index is 2.71. The summed E-state index contributed by atoms with van der Waals surface area (Å²) in [6.45, 7) is -1.31. The van der Waals surface area contributed by atoms with Crippen molar-refractivity contribution in [2.45, 2.75) is 25.7 Å². The van der Waals surface area contributed by atoms with Crippen LogP contribution in [0.5, 0.6) is 5.75 Å². The Kier molecular flexibility index (Phi) is 5.65. The third-order valence-electron chi connectivity index (χ3n) is 2.27. The SMILES string of the molecule is CCOC(=O)C(O)C(O)c1ccc(OC(F)F)cc1. The normalized spacial score (nSPS) is 14.0. The molecule has 2 N–H and O–H groups in total. The van der Waals surface area contributed by atoms with Crippen molar-refractivity contribution < 1.29 is 33.3 Å². The molecule has 0 aliphatic carbocycles. The molecular formula is C12H14F2O5. The first-order chi connectivity index (χ1) is 8.95. The zero-order chi connectivity index (χ0) is 14.4. The number of esters is 1. The maximum absolute atomic E-state index is 11.9. The van der Waals surface area contributed by atoms with Crippen LogP contribution < -0.4 is 4.74 Å². The Bertz CT molecular complexity index is 407. The standard InChI is InChI=1S/C12H14F2O5/c1-2-18-11(17)10(16)9(15)7-3-5-8(6-4-7)19-12(13)14/h3-6,9-10,12,15-16H,2H2,1H3. The van der Waals surface area contributed by atoms with E-state index in [1.165, 1.54) is 24.3 Å². The number of aliphatic hydroxyl groups is 2. The molecule has 0 radical (unpaired) electrons. The number of halogens is 2. The van der Waals surface area contributed by atoms with E-state index in [9.17, 15) is 23.8 Å². The Morgan fingerprint density at radius 2 is 1.84 bits per heavy atom. The van der Waals surface area contributed by atoms with Crippen LogP contribution in [0.15, 0.2) is 24.3 Å². The highest BCUT2D eigenvalue weighted by atomic mass is 19.3. The van der Waals surface area contributed by atoms with Gasteiger partial charge in [0.15, 0.2) is 6.10 Å². The highest BCUT2D eigenvalue weighted by molar-refractivity contribution is 5.75. The number of hydrogen-bond donors (Lipinski definition) is 2. The smallest absolute Gasteiger partial charge is 0.387 e. The molecule has 0 aliphatic rings. The second-order valence-electron chi connectivity index (χ2n) is 3.59. The van der Waals surface area contributed by atoms with Crippen LogP contribution in [0, 0.1) is 0 Å². The average Bonchev–Trinajstić information content (AvgIpc) is 2.37. The van der Waals surface area contributed by atoms with Crippen LogP contribution in [0.3, 0.4) is 0 Å². The van der Waals surface area contributed by atoms with E-state index < -0.39 is 24.8 Å². The summed E-state index contributed by atoms with van der Waals surface area (Å²) in [5, 5.41) is 19.2. The van der Waals surface area contributed by atoms with Gasteiger partial charge in [-0.25, -0.2) is 4.79 Å². The van der Waals surface area contributed by atoms with Crippen LogP contribution in [-0.2, 0) is 9.53 Å². The molecule has 0 amide bonds. The molecular weight excluding hydrogens is 262 g/mol. The molecule has 0 heterocycles. The van der Waals surface area contributed by atoms with Gasteiger partial charge in [0.25, 0.3) is 0 Å². The van der Waals surface area contributed by atoms with Crippen molar-refractivity contribution in [3.8, 4) is 5.75 Å². The van der Waals surface area contributed by atoms with Crippen molar-refractivity contribution in [2.75, 3.05) is 6.61 Å². The van der Waals surface area contributed by atoms with Gasteiger partial charge in [0.2, 0.25) is 0 Å². The summed E-state index contributed by atoms with van der Waals surface area (Å²) in [5.74, 6) is -1.04. The van der Waals surface area contributed by atoms with Crippen molar-refractivity contribution in [2.24, 2.45) is 0 Å². The van der Waals surface area contributed by atoms with Gasteiger partial charge in [0.05, 0.1) is 6.61 Å². The van der Waals surface area contributed by atoms with Gasteiger partial charge in [-0.3, -0.25) is 0 Å². The number of ether oxygens (including phenoxy) is 2. The lowest BCUT2D eigenvalue weighted by atomic mass is 10.0. The molecule has 0 bridgehead atoms. The maximum Gasteiger partial charge on any atom is 0.387 e. The largest absolute Gasteiger partial charge is 0.464 e. The van der Waals surface area contributed by atoms with E-state index in [4.69, 9.17) is 0 Å². The number of alkyl halides is 2. The highest BCUT2D eigenvalue weighted by Gasteiger charge is 2.26. The predicted octanol–water partition coefficient (Wildman–Crippen LogP) is 1.25. The molecule has 5 nitrogen and oxygen atoms in total. The molecule has 0 saturated carbocycles. The molecule has 106 valence electrons. The fourth-order valence-corrected chi connectivity index (χ4v) is 1.39. The second-order valence-corrected chi connectivity index (χ2v) is 3.59. The zero-order valence-corrected chi connectivity index (χ0v) is 10.1. The van der Waals surface area contributed by atoms with Gasteiger partial charge in [-0.15, -0.1) is 0 Å². The van der Waals surface area contributed by atoms with Crippen LogP contribution in [0.25, 0.3) is 0 Å². The molecule has 2 atom stereocenters. The minimum absolute atomic E-state index is 0.0732. The van der Waals surface area contributed by atoms with E-state index >= 15 is 0 Å². The Hall–Kier alpha value is -1.73. The third kappa shape index (κ3) is 4.46.